The molecule has 0 aliphatic carbocycles. The molecule has 0 aliphatic rings. The molecule has 4 nitrogen and oxygen atoms in total. The second-order valence-electron chi connectivity index (χ2n) is 3.39. The molecule has 1 rings (SSSR count). The van der Waals surface area contributed by atoms with Gasteiger partial charge in [0.15, 0.2) is 5.11 Å². The quantitative estimate of drug-likeness (QED) is 0.457. The average molecular weight is 395 g/mol. The normalized spacial score (nSPS) is 10.6. The van der Waals surface area contributed by atoms with Gasteiger partial charge in [0.1, 0.15) is 5.75 Å². The number of rotatable bonds is 5. The van der Waals surface area contributed by atoms with E-state index in [1.807, 2.05) is 12.1 Å². The number of nitrogens with one attached hydrogen (secondary N) is 1. The molecule has 0 bridgehead atoms. The van der Waals surface area contributed by atoms with Gasteiger partial charge in [0.2, 0.25) is 0 Å². The van der Waals surface area contributed by atoms with Gasteiger partial charge in [0.05, 0.1) is 17.3 Å². The van der Waals surface area contributed by atoms with Crippen LogP contribution in [0.15, 0.2) is 26.2 Å². The first-order valence-corrected chi connectivity index (χ1v) is 7.24. The number of hydrazone groups is 1. The molecule has 3 N–H and O–H groups in total. The Kier molecular flexibility index (Phi) is 6.59. The first kappa shape index (κ1) is 15.4. The van der Waals surface area contributed by atoms with Crippen molar-refractivity contribution in [2.24, 2.45) is 10.8 Å². The fraction of sp³-hybridized carbons (Fsp3) is 0.273. The van der Waals surface area contributed by atoms with E-state index in [2.05, 4.69) is 61.5 Å². The summed E-state index contributed by atoms with van der Waals surface area (Å²) in [6, 6.07) is 3.82. The average Bonchev–Trinajstić information content (AvgIpc) is 2.27. The molecule has 0 amide bonds. The van der Waals surface area contributed by atoms with Crippen LogP contribution in [0.2, 0.25) is 0 Å². The summed E-state index contributed by atoms with van der Waals surface area (Å²) in [6.07, 6.45) is 2.55. The van der Waals surface area contributed by atoms with Crippen LogP contribution in [0, 0.1) is 0 Å². The van der Waals surface area contributed by atoms with Gasteiger partial charge in [-0.15, -0.1) is 0 Å². The summed E-state index contributed by atoms with van der Waals surface area (Å²) in [5.41, 5.74) is 8.63. The van der Waals surface area contributed by atoms with Crippen LogP contribution in [-0.2, 0) is 0 Å². The van der Waals surface area contributed by atoms with Gasteiger partial charge in [-0.25, -0.2) is 0 Å². The molecule has 98 valence electrons. The Balaban J connectivity index is 2.99. The van der Waals surface area contributed by atoms with Crippen LogP contribution in [0.1, 0.15) is 18.9 Å². The van der Waals surface area contributed by atoms with Crippen LogP contribution >= 0.6 is 44.1 Å². The molecule has 0 aromatic heterocycles. The number of thiocarbonyl (C=S) groups is 1. The predicted molar refractivity (Wildman–Crippen MR) is 85.1 cm³/mol. The van der Waals surface area contributed by atoms with E-state index in [-0.39, 0.29) is 5.11 Å². The van der Waals surface area contributed by atoms with E-state index >= 15 is 0 Å². The van der Waals surface area contributed by atoms with Crippen LogP contribution in [0.5, 0.6) is 5.75 Å². The molecule has 0 heterocycles. The van der Waals surface area contributed by atoms with Gasteiger partial charge in [-0.1, -0.05) is 22.9 Å². The second-order valence-corrected chi connectivity index (χ2v) is 5.60. The van der Waals surface area contributed by atoms with Crippen LogP contribution in [-0.4, -0.2) is 17.9 Å². The van der Waals surface area contributed by atoms with E-state index in [4.69, 9.17) is 10.5 Å². The Morgan fingerprint density at radius 3 is 2.89 bits per heavy atom. The highest BCUT2D eigenvalue weighted by Gasteiger charge is 2.08. The largest absolute Gasteiger partial charge is 0.492 e. The summed E-state index contributed by atoms with van der Waals surface area (Å²) in [4.78, 5) is 0. The van der Waals surface area contributed by atoms with E-state index in [1.165, 1.54) is 0 Å². The van der Waals surface area contributed by atoms with Gasteiger partial charge >= 0.3 is 0 Å². The zero-order valence-electron chi connectivity index (χ0n) is 9.74. The van der Waals surface area contributed by atoms with Crippen molar-refractivity contribution in [3.8, 4) is 5.75 Å². The monoisotopic (exact) mass is 393 g/mol. The maximum atomic E-state index is 5.68. The predicted octanol–water partition coefficient (Wildman–Crippen LogP) is 3.17. The molecule has 0 fully saturated rings. The maximum absolute atomic E-state index is 5.68. The molecule has 0 spiro atoms. The number of nitrogens with two attached hydrogens (primary N) is 1. The Labute approximate surface area is 128 Å². The van der Waals surface area contributed by atoms with E-state index < -0.39 is 0 Å². The number of ether oxygens (including phenoxy) is 1. The van der Waals surface area contributed by atoms with Gasteiger partial charge in [-0.3, -0.25) is 5.43 Å². The molecule has 0 saturated carbocycles. The fourth-order valence-electron chi connectivity index (χ4n) is 1.20. The van der Waals surface area contributed by atoms with E-state index in [1.54, 1.807) is 6.21 Å². The lowest BCUT2D eigenvalue weighted by Gasteiger charge is -2.11. The Morgan fingerprint density at radius 2 is 2.28 bits per heavy atom. The van der Waals surface area contributed by atoms with Gasteiger partial charge in [-0.05, 0) is 46.7 Å². The van der Waals surface area contributed by atoms with Crippen LogP contribution in [0.4, 0.5) is 0 Å². The third kappa shape index (κ3) is 4.91. The highest BCUT2D eigenvalue weighted by molar-refractivity contribution is 9.11. The maximum Gasteiger partial charge on any atom is 0.184 e. The summed E-state index contributed by atoms with van der Waals surface area (Å²) in [5.74, 6) is 0.744. The third-order valence-electron chi connectivity index (χ3n) is 1.87. The van der Waals surface area contributed by atoms with Crippen molar-refractivity contribution in [2.75, 3.05) is 6.61 Å². The number of hydrogen-bond acceptors (Lipinski definition) is 3. The van der Waals surface area contributed by atoms with Crippen LogP contribution < -0.4 is 15.9 Å². The molecular formula is C11H13Br2N3OS. The third-order valence-corrected chi connectivity index (χ3v) is 3.00. The minimum Gasteiger partial charge on any atom is -0.492 e. The molecule has 0 aliphatic heterocycles. The van der Waals surface area contributed by atoms with Gasteiger partial charge in [0, 0.05) is 10.0 Å². The van der Waals surface area contributed by atoms with Crippen molar-refractivity contribution in [3.63, 3.8) is 0 Å². The second kappa shape index (κ2) is 7.70. The lowest BCUT2D eigenvalue weighted by molar-refractivity contribution is 0.315. The molecule has 0 radical (unpaired) electrons. The van der Waals surface area contributed by atoms with Crippen LogP contribution in [0.25, 0.3) is 0 Å². The van der Waals surface area contributed by atoms with Gasteiger partial charge < -0.3 is 10.5 Å². The van der Waals surface area contributed by atoms with Gasteiger partial charge in [-0.2, -0.15) is 5.10 Å². The number of hydrogen-bond donors (Lipinski definition) is 2. The number of halogens is 2. The first-order chi connectivity index (χ1) is 8.54. The van der Waals surface area contributed by atoms with Crippen molar-refractivity contribution in [3.05, 3.63) is 26.6 Å². The zero-order valence-corrected chi connectivity index (χ0v) is 13.7. The van der Waals surface area contributed by atoms with E-state index in [9.17, 15) is 0 Å². The Hall–Kier alpha value is -0.660. The van der Waals surface area contributed by atoms with Gasteiger partial charge in [0.25, 0.3) is 0 Å². The van der Waals surface area contributed by atoms with Crippen molar-refractivity contribution >= 4 is 55.4 Å². The molecule has 0 atom stereocenters. The standard InChI is InChI=1S/C11H13Br2N3OS/c1-2-3-17-10-7(6-15-16-11(14)18)4-8(12)5-9(10)13/h4-6H,2-3H2,1H3,(H3,14,16,18). The topological polar surface area (TPSA) is 59.6 Å². The molecular weight excluding hydrogens is 382 g/mol. The first-order valence-electron chi connectivity index (χ1n) is 5.25. The highest BCUT2D eigenvalue weighted by atomic mass is 79.9. The Morgan fingerprint density at radius 1 is 1.56 bits per heavy atom. The SMILES string of the molecule is CCCOc1c(Br)cc(Br)cc1C=NNC(N)=S. The molecule has 18 heavy (non-hydrogen) atoms. The number of nitrogens with zero attached hydrogens (tertiary/aromatic N) is 1. The molecule has 1 aromatic rings. The summed E-state index contributed by atoms with van der Waals surface area (Å²) in [5, 5.41) is 4.05. The minimum absolute atomic E-state index is 0.122. The van der Waals surface area contributed by atoms with E-state index in [0.717, 1.165) is 26.7 Å². The molecule has 7 heteroatoms. The fourth-order valence-corrected chi connectivity index (χ4v) is 2.62. The Bertz CT molecular complexity index is 466. The summed E-state index contributed by atoms with van der Waals surface area (Å²) in [6.45, 7) is 2.69. The van der Waals surface area contributed by atoms with Crippen molar-refractivity contribution in [2.45, 2.75) is 13.3 Å². The molecule has 0 unspecified atom stereocenters. The van der Waals surface area contributed by atoms with Crippen LogP contribution in [0.3, 0.4) is 0 Å². The zero-order chi connectivity index (χ0) is 13.5. The molecule has 0 saturated heterocycles. The lowest BCUT2D eigenvalue weighted by Crippen LogP contribution is -2.24. The minimum atomic E-state index is 0.122. The van der Waals surface area contributed by atoms with Crippen molar-refractivity contribution < 1.29 is 4.74 Å². The van der Waals surface area contributed by atoms with Crippen molar-refractivity contribution in [1.82, 2.24) is 5.43 Å². The molecule has 1 aromatic carbocycles. The summed E-state index contributed by atoms with van der Waals surface area (Å²) >= 11 is 11.5. The summed E-state index contributed by atoms with van der Waals surface area (Å²) < 4.78 is 7.47. The lowest BCUT2D eigenvalue weighted by atomic mass is 10.2. The number of benzene rings is 1. The smallest absolute Gasteiger partial charge is 0.184 e. The van der Waals surface area contributed by atoms with E-state index in [0.29, 0.717) is 6.61 Å². The summed E-state index contributed by atoms with van der Waals surface area (Å²) in [7, 11) is 0. The van der Waals surface area contributed by atoms with Crippen molar-refractivity contribution in [1.29, 1.82) is 0 Å². The highest BCUT2D eigenvalue weighted by Crippen LogP contribution is 2.32.